The van der Waals surface area contributed by atoms with Crippen molar-refractivity contribution in [3.05, 3.63) is 18.3 Å². The van der Waals surface area contributed by atoms with Crippen molar-refractivity contribution in [2.75, 3.05) is 19.8 Å². The van der Waals surface area contributed by atoms with Crippen LogP contribution in [0.25, 0.3) is 0 Å². The molecule has 102 valence electrons. The van der Waals surface area contributed by atoms with Crippen LogP contribution < -0.4 is 9.88 Å². The van der Waals surface area contributed by atoms with E-state index in [0.29, 0.717) is 13.2 Å². The summed E-state index contributed by atoms with van der Waals surface area (Å²) in [6.07, 6.45) is 3.50. The van der Waals surface area contributed by atoms with Crippen molar-refractivity contribution in [1.29, 1.82) is 0 Å². The molecule has 0 bridgehead atoms. The minimum Gasteiger partial charge on any atom is -0.474 e. The molecule has 0 radical (unpaired) electrons. The highest BCUT2D eigenvalue weighted by Crippen LogP contribution is 2.18. The number of rotatable bonds is 8. The van der Waals surface area contributed by atoms with E-state index in [2.05, 4.69) is 11.9 Å². The summed E-state index contributed by atoms with van der Waals surface area (Å²) in [5.74, 6) is 0.0130. The van der Waals surface area contributed by atoms with Gasteiger partial charge in [-0.3, -0.25) is 0 Å². The first-order chi connectivity index (χ1) is 8.55. The molecule has 1 aromatic rings. The molecule has 0 unspecified atom stereocenters. The Morgan fingerprint density at radius 2 is 2.11 bits per heavy atom. The second-order valence-corrected chi connectivity index (χ2v) is 5.20. The molecule has 1 rings (SSSR count). The monoisotopic (exact) mass is 274 g/mol. The van der Waals surface area contributed by atoms with Gasteiger partial charge < -0.3 is 9.47 Å². The van der Waals surface area contributed by atoms with E-state index >= 15 is 0 Å². The van der Waals surface area contributed by atoms with Crippen molar-refractivity contribution in [1.82, 2.24) is 4.98 Å². The maximum Gasteiger partial charge on any atom is 0.243 e. The average molecular weight is 274 g/mol. The molecule has 0 saturated heterocycles. The van der Waals surface area contributed by atoms with Gasteiger partial charge in [0.1, 0.15) is 11.5 Å². The molecule has 1 aromatic heterocycles. The highest BCUT2D eigenvalue weighted by atomic mass is 32.2. The SMILES string of the molecule is CCCCOCCOc1ncccc1S(N)(=O)=O. The van der Waals surface area contributed by atoms with Crippen LogP contribution in [0.1, 0.15) is 19.8 Å². The molecular formula is C11H18N2O4S. The van der Waals surface area contributed by atoms with Crippen molar-refractivity contribution < 1.29 is 17.9 Å². The normalized spacial score (nSPS) is 11.4. The average Bonchev–Trinajstić information content (AvgIpc) is 2.33. The van der Waals surface area contributed by atoms with Crippen LogP contribution in [0.2, 0.25) is 0 Å². The first-order valence-corrected chi connectivity index (χ1v) is 7.28. The summed E-state index contributed by atoms with van der Waals surface area (Å²) in [5.41, 5.74) is 0. The van der Waals surface area contributed by atoms with Gasteiger partial charge in [0.15, 0.2) is 0 Å². The second kappa shape index (κ2) is 7.30. The summed E-state index contributed by atoms with van der Waals surface area (Å²) >= 11 is 0. The maximum absolute atomic E-state index is 11.3. The molecule has 1 heterocycles. The number of pyridine rings is 1. The van der Waals surface area contributed by atoms with E-state index in [1.54, 1.807) is 0 Å². The zero-order valence-corrected chi connectivity index (χ0v) is 11.1. The fourth-order valence-electron chi connectivity index (χ4n) is 1.25. The van der Waals surface area contributed by atoms with Crippen LogP contribution in [0.15, 0.2) is 23.2 Å². The minimum absolute atomic E-state index is 0.0130. The topological polar surface area (TPSA) is 91.5 Å². The number of unbranched alkanes of at least 4 members (excludes halogenated alkanes) is 1. The molecule has 6 nitrogen and oxygen atoms in total. The third kappa shape index (κ3) is 4.99. The molecule has 0 spiro atoms. The van der Waals surface area contributed by atoms with Crippen molar-refractivity contribution in [3.63, 3.8) is 0 Å². The van der Waals surface area contributed by atoms with Crippen LogP contribution in [0.4, 0.5) is 0 Å². The Balaban J connectivity index is 2.48. The fraction of sp³-hybridized carbons (Fsp3) is 0.545. The quantitative estimate of drug-likeness (QED) is 0.712. The van der Waals surface area contributed by atoms with E-state index in [1.165, 1.54) is 18.3 Å². The van der Waals surface area contributed by atoms with Crippen LogP contribution >= 0.6 is 0 Å². The van der Waals surface area contributed by atoms with Crippen LogP contribution in [0, 0.1) is 0 Å². The molecule has 0 aromatic carbocycles. The van der Waals surface area contributed by atoms with Crippen LogP contribution in [-0.2, 0) is 14.8 Å². The number of nitrogens with zero attached hydrogens (tertiary/aromatic N) is 1. The predicted octanol–water partition coefficient (Wildman–Crippen LogP) is 0.925. The summed E-state index contributed by atoms with van der Waals surface area (Å²) in [6, 6.07) is 2.85. The summed E-state index contributed by atoms with van der Waals surface area (Å²) in [7, 11) is -3.81. The first-order valence-electron chi connectivity index (χ1n) is 5.74. The number of nitrogens with two attached hydrogens (primary N) is 1. The number of ether oxygens (including phenoxy) is 2. The van der Waals surface area contributed by atoms with Gasteiger partial charge in [-0.05, 0) is 18.6 Å². The molecule has 7 heteroatoms. The second-order valence-electron chi connectivity index (χ2n) is 3.67. The lowest BCUT2D eigenvalue weighted by atomic mass is 10.4. The summed E-state index contributed by atoms with van der Waals surface area (Å²) in [6.45, 7) is 3.38. The van der Waals surface area contributed by atoms with E-state index in [1.807, 2.05) is 0 Å². The number of aromatic nitrogens is 1. The van der Waals surface area contributed by atoms with Crippen molar-refractivity contribution >= 4 is 10.0 Å². The maximum atomic E-state index is 11.3. The highest BCUT2D eigenvalue weighted by Gasteiger charge is 2.15. The summed E-state index contributed by atoms with van der Waals surface area (Å²) in [4.78, 5) is 3.73. The van der Waals surface area contributed by atoms with E-state index in [9.17, 15) is 8.42 Å². The molecular weight excluding hydrogens is 256 g/mol. The van der Waals surface area contributed by atoms with Gasteiger partial charge in [-0.15, -0.1) is 0 Å². The molecule has 0 aliphatic heterocycles. The molecule has 0 aliphatic rings. The molecule has 0 amide bonds. The van der Waals surface area contributed by atoms with Crippen LogP contribution in [0.5, 0.6) is 5.88 Å². The zero-order chi connectivity index (χ0) is 13.4. The van der Waals surface area contributed by atoms with E-state index in [0.717, 1.165) is 12.8 Å². The van der Waals surface area contributed by atoms with Gasteiger partial charge in [0, 0.05) is 12.8 Å². The third-order valence-electron chi connectivity index (χ3n) is 2.15. The molecule has 18 heavy (non-hydrogen) atoms. The first kappa shape index (κ1) is 14.9. The molecule has 2 N–H and O–H groups in total. The van der Waals surface area contributed by atoms with Gasteiger partial charge in [0.05, 0.1) is 6.61 Å². The van der Waals surface area contributed by atoms with E-state index in [4.69, 9.17) is 14.6 Å². The minimum atomic E-state index is -3.81. The molecule has 0 atom stereocenters. The summed E-state index contributed by atoms with van der Waals surface area (Å²) < 4.78 is 33.0. The van der Waals surface area contributed by atoms with Crippen molar-refractivity contribution in [2.24, 2.45) is 5.14 Å². The van der Waals surface area contributed by atoms with Crippen LogP contribution in [0.3, 0.4) is 0 Å². The van der Waals surface area contributed by atoms with Crippen molar-refractivity contribution in [2.45, 2.75) is 24.7 Å². The molecule has 0 fully saturated rings. The van der Waals surface area contributed by atoms with Gasteiger partial charge in [-0.2, -0.15) is 0 Å². The Hall–Kier alpha value is -1.18. The Morgan fingerprint density at radius 1 is 1.33 bits per heavy atom. The highest BCUT2D eigenvalue weighted by molar-refractivity contribution is 7.89. The zero-order valence-electron chi connectivity index (χ0n) is 10.3. The van der Waals surface area contributed by atoms with Gasteiger partial charge in [-0.1, -0.05) is 13.3 Å². The van der Waals surface area contributed by atoms with Crippen LogP contribution in [-0.4, -0.2) is 33.2 Å². The summed E-state index contributed by atoms with van der Waals surface area (Å²) in [5, 5.41) is 5.05. The Kier molecular flexibility index (Phi) is 6.03. The smallest absolute Gasteiger partial charge is 0.243 e. The molecule has 0 aliphatic carbocycles. The third-order valence-corrected chi connectivity index (χ3v) is 3.08. The predicted molar refractivity (Wildman–Crippen MR) is 66.8 cm³/mol. The number of hydrogen-bond acceptors (Lipinski definition) is 5. The molecule has 0 saturated carbocycles. The van der Waals surface area contributed by atoms with Gasteiger partial charge >= 0.3 is 0 Å². The van der Waals surface area contributed by atoms with Gasteiger partial charge in [0.2, 0.25) is 15.9 Å². The van der Waals surface area contributed by atoms with Gasteiger partial charge in [0.25, 0.3) is 0 Å². The lowest BCUT2D eigenvalue weighted by molar-refractivity contribution is 0.0954. The Labute approximate surface area is 107 Å². The number of primary sulfonamides is 1. The lowest BCUT2D eigenvalue weighted by Crippen LogP contribution is -2.16. The number of hydrogen-bond donors (Lipinski definition) is 1. The largest absolute Gasteiger partial charge is 0.474 e. The Bertz CT molecular complexity index is 462. The number of sulfonamides is 1. The van der Waals surface area contributed by atoms with E-state index in [-0.39, 0.29) is 17.4 Å². The van der Waals surface area contributed by atoms with Crippen molar-refractivity contribution in [3.8, 4) is 5.88 Å². The lowest BCUT2D eigenvalue weighted by Gasteiger charge is -2.08. The fourth-order valence-corrected chi connectivity index (χ4v) is 1.87. The standard InChI is InChI=1S/C11H18N2O4S/c1-2-3-7-16-8-9-17-11-10(18(12,14)15)5-4-6-13-11/h4-6H,2-3,7-9H2,1H3,(H2,12,14,15). The van der Waals surface area contributed by atoms with E-state index < -0.39 is 10.0 Å². The van der Waals surface area contributed by atoms with Gasteiger partial charge in [-0.25, -0.2) is 18.5 Å². The Morgan fingerprint density at radius 3 is 2.78 bits per heavy atom.